The van der Waals surface area contributed by atoms with E-state index in [1.165, 1.54) is 0 Å². The number of aryl methyl sites for hydroxylation is 1. The van der Waals surface area contributed by atoms with Crippen LogP contribution in [0.15, 0.2) is 53.9 Å². The van der Waals surface area contributed by atoms with Crippen molar-refractivity contribution in [2.75, 3.05) is 6.54 Å². The normalized spacial score (nSPS) is 21.2. The predicted molar refractivity (Wildman–Crippen MR) is 114 cm³/mol. The molecule has 2 amide bonds. The number of aliphatic carboxylic acids is 1. The third-order valence-electron chi connectivity index (χ3n) is 5.47. The molecule has 1 fully saturated rings. The van der Waals surface area contributed by atoms with Crippen molar-refractivity contribution in [1.29, 1.82) is 0 Å². The Balaban J connectivity index is 1.55. The van der Waals surface area contributed by atoms with Gasteiger partial charge in [0.25, 0.3) is 0 Å². The highest BCUT2D eigenvalue weighted by Crippen LogP contribution is 2.40. The average molecular weight is 410 g/mol. The fourth-order valence-electron chi connectivity index (χ4n) is 3.93. The Labute approximate surface area is 172 Å². The Morgan fingerprint density at radius 1 is 1.21 bits per heavy atom. The van der Waals surface area contributed by atoms with Crippen LogP contribution < -0.4 is 16.0 Å². The van der Waals surface area contributed by atoms with Gasteiger partial charge in [-0.15, -0.1) is 11.3 Å². The standard InChI is InChI=1S/C22H23N3O3S/c1-14-6-8-15(9-7-14)12-23-21(28)25-22(20(26)27)18(10-11-24-22)17-13-29-19-5-3-2-4-16(17)19/h2-9,13,18,24H,10-12H2,1H3,(H,26,27)(H2,23,25,28)/t18?,22-/m1/s1. The molecule has 6 nitrogen and oxygen atoms in total. The van der Waals surface area contributed by atoms with Crippen LogP contribution in [-0.4, -0.2) is 29.3 Å². The van der Waals surface area contributed by atoms with Crippen LogP contribution in [0.4, 0.5) is 4.79 Å². The summed E-state index contributed by atoms with van der Waals surface area (Å²) in [7, 11) is 0. The van der Waals surface area contributed by atoms with Gasteiger partial charge >= 0.3 is 12.0 Å². The zero-order valence-electron chi connectivity index (χ0n) is 16.1. The second kappa shape index (κ2) is 7.85. The number of urea groups is 1. The first kappa shape index (κ1) is 19.4. The minimum atomic E-state index is -1.54. The van der Waals surface area contributed by atoms with Crippen molar-refractivity contribution in [3.63, 3.8) is 0 Å². The fraction of sp³-hybridized carbons (Fsp3) is 0.273. The first-order chi connectivity index (χ1) is 14.0. The lowest BCUT2D eigenvalue weighted by Crippen LogP contribution is -2.65. The maximum absolute atomic E-state index is 12.6. The van der Waals surface area contributed by atoms with Gasteiger partial charge in [-0.3, -0.25) is 5.32 Å². The summed E-state index contributed by atoms with van der Waals surface area (Å²) in [6, 6.07) is 15.3. The average Bonchev–Trinajstić information content (AvgIpc) is 3.32. The number of hydrogen-bond acceptors (Lipinski definition) is 4. The van der Waals surface area contributed by atoms with Crippen LogP contribution in [0.5, 0.6) is 0 Å². The number of carbonyl (C=O) groups excluding carboxylic acids is 1. The van der Waals surface area contributed by atoms with Crippen molar-refractivity contribution in [1.82, 2.24) is 16.0 Å². The molecule has 2 heterocycles. The summed E-state index contributed by atoms with van der Waals surface area (Å²) < 4.78 is 1.11. The topological polar surface area (TPSA) is 90.5 Å². The summed E-state index contributed by atoms with van der Waals surface area (Å²) in [5.41, 5.74) is 1.51. The van der Waals surface area contributed by atoms with Gasteiger partial charge in [0.1, 0.15) is 0 Å². The predicted octanol–water partition coefficient (Wildman–Crippen LogP) is 3.57. The molecule has 2 atom stereocenters. The molecule has 1 aliphatic heterocycles. The first-order valence-corrected chi connectivity index (χ1v) is 10.4. The quantitative estimate of drug-likeness (QED) is 0.519. The molecular weight excluding hydrogens is 386 g/mol. The van der Waals surface area contributed by atoms with Crippen LogP contribution in [0.2, 0.25) is 0 Å². The van der Waals surface area contributed by atoms with E-state index in [0.29, 0.717) is 19.5 Å². The molecule has 0 bridgehead atoms. The van der Waals surface area contributed by atoms with E-state index in [1.54, 1.807) is 11.3 Å². The number of rotatable bonds is 5. The van der Waals surface area contributed by atoms with Crippen molar-refractivity contribution in [2.45, 2.75) is 31.5 Å². The smallest absolute Gasteiger partial charge is 0.345 e. The van der Waals surface area contributed by atoms with Crippen molar-refractivity contribution >= 4 is 33.4 Å². The Kier molecular flexibility index (Phi) is 5.25. The van der Waals surface area contributed by atoms with E-state index < -0.39 is 17.7 Å². The van der Waals surface area contributed by atoms with Gasteiger partial charge < -0.3 is 15.7 Å². The first-order valence-electron chi connectivity index (χ1n) is 9.56. The van der Waals surface area contributed by atoms with Gasteiger partial charge in [0, 0.05) is 17.2 Å². The fourth-order valence-corrected chi connectivity index (χ4v) is 4.95. The van der Waals surface area contributed by atoms with Gasteiger partial charge in [-0.1, -0.05) is 48.0 Å². The van der Waals surface area contributed by atoms with Gasteiger partial charge in [0.05, 0.1) is 0 Å². The van der Waals surface area contributed by atoms with Crippen molar-refractivity contribution in [3.8, 4) is 0 Å². The van der Waals surface area contributed by atoms with E-state index in [9.17, 15) is 14.7 Å². The zero-order valence-corrected chi connectivity index (χ0v) is 16.9. The highest BCUT2D eigenvalue weighted by atomic mass is 32.1. The molecule has 0 saturated carbocycles. The lowest BCUT2D eigenvalue weighted by molar-refractivity contribution is -0.146. The van der Waals surface area contributed by atoms with Crippen LogP contribution in [0.25, 0.3) is 10.1 Å². The summed E-state index contributed by atoms with van der Waals surface area (Å²) in [6.45, 7) is 2.84. The summed E-state index contributed by atoms with van der Waals surface area (Å²) in [6.07, 6.45) is 0.630. The third kappa shape index (κ3) is 3.71. The Hall–Kier alpha value is -2.90. The maximum atomic E-state index is 12.6. The number of thiophene rings is 1. The Bertz CT molecular complexity index is 1050. The lowest BCUT2D eigenvalue weighted by atomic mass is 9.86. The van der Waals surface area contributed by atoms with Crippen LogP contribution in [-0.2, 0) is 11.3 Å². The lowest BCUT2D eigenvalue weighted by Gasteiger charge is -2.32. The molecule has 4 rings (SSSR count). The van der Waals surface area contributed by atoms with Gasteiger partial charge in [-0.25, -0.2) is 9.59 Å². The molecule has 3 aromatic rings. The van der Waals surface area contributed by atoms with Crippen molar-refractivity contribution < 1.29 is 14.7 Å². The van der Waals surface area contributed by atoms with Crippen LogP contribution >= 0.6 is 11.3 Å². The Morgan fingerprint density at radius 2 is 1.97 bits per heavy atom. The van der Waals surface area contributed by atoms with Crippen molar-refractivity contribution in [3.05, 3.63) is 70.6 Å². The van der Waals surface area contributed by atoms with E-state index in [1.807, 2.05) is 60.8 Å². The van der Waals surface area contributed by atoms with Gasteiger partial charge in [0.15, 0.2) is 5.66 Å². The molecule has 2 aromatic carbocycles. The van der Waals surface area contributed by atoms with Gasteiger partial charge in [-0.2, -0.15) is 0 Å². The number of hydrogen-bond donors (Lipinski definition) is 4. The molecule has 0 radical (unpaired) electrons. The highest BCUT2D eigenvalue weighted by Gasteiger charge is 2.52. The maximum Gasteiger partial charge on any atom is 0.345 e. The highest BCUT2D eigenvalue weighted by molar-refractivity contribution is 7.17. The van der Waals surface area contributed by atoms with Gasteiger partial charge in [0.2, 0.25) is 0 Å². The Morgan fingerprint density at radius 3 is 2.72 bits per heavy atom. The monoisotopic (exact) mass is 409 g/mol. The number of fused-ring (bicyclic) bond motifs is 1. The van der Waals surface area contributed by atoms with E-state index in [2.05, 4.69) is 16.0 Å². The molecular formula is C22H23N3O3S. The molecule has 0 aliphatic carbocycles. The minimum Gasteiger partial charge on any atom is -0.478 e. The number of benzene rings is 2. The van der Waals surface area contributed by atoms with E-state index in [4.69, 9.17) is 0 Å². The number of carboxylic acid groups (broad SMARTS) is 1. The summed E-state index contributed by atoms with van der Waals surface area (Å²) >= 11 is 1.59. The number of carboxylic acids is 1. The minimum absolute atomic E-state index is 0.327. The molecule has 1 saturated heterocycles. The molecule has 1 unspecified atom stereocenters. The third-order valence-corrected chi connectivity index (χ3v) is 6.45. The molecule has 0 spiro atoms. The summed E-state index contributed by atoms with van der Waals surface area (Å²) in [5, 5.41) is 21.7. The zero-order chi connectivity index (χ0) is 20.4. The number of amides is 2. The molecule has 1 aliphatic rings. The number of carbonyl (C=O) groups is 2. The van der Waals surface area contributed by atoms with E-state index in [-0.39, 0.29) is 5.92 Å². The van der Waals surface area contributed by atoms with Crippen LogP contribution in [0, 0.1) is 6.92 Å². The van der Waals surface area contributed by atoms with Crippen LogP contribution in [0.1, 0.15) is 29.0 Å². The van der Waals surface area contributed by atoms with E-state index in [0.717, 1.165) is 26.8 Å². The SMILES string of the molecule is Cc1ccc(CNC(=O)N[C@]2(C(=O)O)NCCC2c2csc3ccccc23)cc1. The molecule has 29 heavy (non-hydrogen) atoms. The molecule has 1 aromatic heterocycles. The molecule has 7 heteroatoms. The molecule has 4 N–H and O–H groups in total. The van der Waals surface area contributed by atoms with Crippen molar-refractivity contribution in [2.24, 2.45) is 0 Å². The summed E-state index contributed by atoms with van der Waals surface area (Å²) in [5.74, 6) is -1.44. The largest absolute Gasteiger partial charge is 0.478 e. The second-order valence-corrected chi connectivity index (χ2v) is 8.27. The van der Waals surface area contributed by atoms with Gasteiger partial charge in [-0.05, 0) is 47.8 Å². The molecule has 150 valence electrons. The second-order valence-electron chi connectivity index (χ2n) is 7.36. The van der Waals surface area contributed by atoms with E-state index >= 15 is 0 Å². The summed E-state index contributed by atoms with van der Waals surface area (Å²) in [4.78, 5) is 24.9. The number of nitrogens with one attached hydrogen (secondary N) is 3. The van der Waals surface area contributed by atoms with Crippen LogP contribution in [0.3, 0.4) is 0 Å².